The maximum absolute atomic E-state index is 13.4. The molecule has 1 aromatic carbocycles. The Morgan fingerprint density at radius 2 is 2.21 bits per heavy atom. The van der Waals surface area contributed by atoms with Gasteiger partial charge in [-0.3, -0.25) is 0 Å². The lowest BCUT2D eigenvalue weighted by atomic mass is 10.2. The number of likely N-dealkylation sites (tertiary alicyclic amines) is 1. The van der Waals surface area contributed by atoms with Crippen molar-refractivity contribution in [1.29, 1.82) is 0 Å². The van der Waals surface area contributed by atoms with Crippen LogP contribution in [0.15, 0.2) is 35.4 Å². The zero-order chi connectivity index (χ0) is 13.7. The molecule has 0 aromatic heterocycles. The van der Waals surface area contributed by atoms with Crippen molar-refractivity contribution in [3.63, 3.8) is 0 Å². The molecule has 0 saturated carbocycles. The highest BCUT2D eigenvalue weighted by Crippen LogP contribution is 2.18. The largest absolute Gasteiger partial charge is 0.445 e. The third-order valence-corrected chi connectivity index (χ3v) is 2.88. The average molecular weight is 264 g/mol. The number of carbonyl (C=O) groups is 1. The normalized spacial score (nSPS) is 21.8. The molecule has 1 aromatic rings. The summed E-state index contributed by atoms with van der Waals surface area (Å²) in [6, 6.07) is 8.39. The Labute approximate surface area is 109 Å². The molecule has 6 nitrogen and oxygen atoms in total. The van der Waals surface area contributed by atoms with Crippen LogP contribution in [0.25, 0.3) is 10.4 Å². The monoisotopic (exact) mass is 264 g/mol. The highest BCUT2D eigenvalue weighted by molar-refractivity contribution is 5.68. The quantitative estimate of drug-likeness (QED) is 0.478. The van der Waals surface area contributed by atoms with Crippen molar-refractivity contribution in [2.24, 2.45) is 5.11 Å². The Morgan fingerprint density at radius 3 is 2.89 bits per heavy atom. The molecule has 0 spiro atoms. The minimum atomic E-state index is -1.33. The fraction of sp³-hybridized carbons (Fsp3) is 0.417. The van der Waals surface area contributed by atoms with Gasteiger partial charge in [-0.15, -0.1) is 0 Å². The molecule has 1 saturated heterocycles. The highest BCUT2D eigenvalue weighted by atomic mass is 19.1. The highest BCUT2D eigenvalue weighted by Gasteiger charge is 2.35. The van der Waals surface area contributed by atoms with Crippen LogP contribution in [-0.2, 0) is 11.3 Å². The number of halogens is 1. The molecule has 1 aliphatic heterocycles. The number of ether oxygens (including phenoxy) is 1. The van der Waals surface area contributed by atoms with E-state index in [2.05, 4.69) is 10.0 Å². The van der Waals surface area contributed by atoms with E-state index < -0.39 is 18.3 Å². The van der Waals surface area contributed by atoms with Crippen LogP contribution in [0.3, 0.4) is 0 Å². The van der Waals surface area contributed by atoms with Crippen LogP contribution in [0.4, 0.5) is 9.18 Å². The van der Waals surface area contributed by atoms with Gasteiger partial charge in [0.25, 0.3) is 0 Å². The van der Waals surface area contributed by atoms with Gasteiger partial charge in [0, 0.05) is 11.5 Å². The number of carbonyl (C=O) groups excluding carboxylic acids is 1. The van der Waals surface area contributed by atoms with Gasteiger partial charge in [0.15, 0.2) is 0 Å². The Hall–Kier alpha value is -2.27. The Morgan fingerprint density at radius 1 is 1.47 bits per heavy atom. The number of amides is 1. The zero-order valence-electron chi connectivity index (χ0n) is 10.1. The molecule has 100 valence electrons. The molecule has 0 bridgehead atoms. The van der Waals surface area contributed by atoms with Gasteiger partial charge in [0.05, 0.1) is 12.6 Å². The third kappa shape index (κ3) is 3.35. The van der Waals surface area contributed by atoms with Crippen LogP contribution in [0.5, 0.6) is 0 Å². The second-order valence-electron chi connectivity index (χ2n) is 4.23. The van der Waals surface area contributed by atoms with E-state index in [1.807, 2.05) is 30.3 Å². The van der Waals surface area contributed by atoms with Crippen LogP contribution >= 0.6 is 0 Å². The second kappa shape index (κ2) is 6.06. The van der Waals surface area contributed by atoms with Crippen LogP contribution in [0.1, 0.15) is 5.56 Å². The van der Waals surface area contributed by atoms with E-state index in [1.54, 1.807) is 0 Å². The summed E-state index contributed by atoms with van der Waals surface area (Å²) in [7, 11) is 0. The van der Waals surface area contributed by atoms with E-state index in [-0.39, 0.29) is 19.7 Å². The van der Waals surface area contributed by atoms with Gasteiger partial charge < -0.3 is 9.64 Å². The predicted octanol–water partition coefficient (Wildman–Crippen LogP) is 2.66. The van der Waals surface area contributed by atoms with Gasteiger partial charge in [-0.05, 0) is 11.1 Å². The van der Waals surface area contributed by atoms with Crippen LogP contribution in [-0.4, -0.2) is 36.3 Å². The Balaban J connectivity index is 1.86. The SMILES string of the molecule is [N-]=[N+]=N[C@H]1CN(C(=O)OCc2ccccc2)C[C@@H]1F. The molecule has 0 aliphatic carbocycles. The topological polar surface area (TPSA) is 78.3 Å². The number of nitrogens with zero attached hydrogens (tertiary/aromatic N) is 4. The van der Waals surface area contributed by atoms with Crippen molar-refractivity contribution in [1.82, 2.24) is 4.90 Å². The first-order valence-electron chi connectivity index (χ1n) is 5.84. The summed E-state index contributed by atoms with van der Waals surface area (Å²) in [5.74, 6) is 0. The minimum absolute atomic E-state index is 0.0544. The molecule has 2 rings (SSSR count). The molecule has 1 fully saturated rings. The van der Waals surface area contributed by atoms with E-state index in [0.29, 0.717) is 0 Å². The minimum Gasteiger partial charge on any atom is -0.445 e. The summed E-state index contributed by atoms with van der Waals surface area (Å²) in [5.41, 5.74) is 9.14. The van der Waals surface area contributed by atoms with Gasteiger partial charge in [-0.1, -0.05) is 35.4 Å². The molecule has 0 unspecified atom stereocenters. The maximum atomic E-state index is 13.4. The second-order valence-corrected chi connectivity index (χ2v) is 4.23. The van der Waals surface area contributed by atoms with E-state index in [0.717, 1.165) is 5.56 Å². The Kier molecular flexibility index (Phi) is 4.20. The van der Waals surface area contributed by atoms with E-state index in [4.69, 9.17) is 10.3 Å². The molecular weight excluding hydrogens is 251 g/mol. The molecule has 1 aliphatic rings. The van der Waals surface area contributed by atoms with Crippen molar-refractivity contribution in [3.8, 4) is 0 Å². The third-order valence-electron chi connectivity index (χ3n) is 2.88. The van der Waals surface area contributed by atoms with Crippen molar-refractivity contribution >= 4 is 6.09 Å². The molecular formula is C12H13FN4O2. The molecule has 2 atom stereocenters. The maximum Gasteiger partial charge on any atom is 0.410 e. The first-order chi connectivity index (χ1) is 9.20. The molecule has 19 heavy (non-hydrogen) atoms. The smallest absolute Gasteiger partial charge is 0.410 e. The van der Waals surface area contributed by atoms with Crippen LogP contribution in [0, 0.1) is 0 Å². The average Bonchev–Trinajstić information content (AvgIpc) is 2.79. The number of alkyl halides is 1. The number of hydrogen-bond acceptors (Lipinski definition) is 3. The van der Waals surface area contributed by atoms with Gasteiger partial charge in [0.1, 0.15) is 12.8 Å². The summed E-state index contributed by atoms with van der Waals surface area (Å²) >= 11 is 0. The molecule has 1 amide bonds. The number of rotatable bonds is 3. The summed E-state index contributed by atoms with van der Waals surface area (Å²) in [6.45, 7) is 0.0927. The van der Waals surface area contributed by atoms with Crippen molar-refractivity contribution in [2.75, 3.05) is 13.1 Å². The van der Waals surface area contributed by atoms with E-state index in [1.165, 1.54) is 4.90 Å². The summed E-state index contributed by atoms with van der Waals surface area (Å²) in [4.78, 5) is 15.5. The lowest BCUT2D eigenvalue weighted by molar-refractivity contribution is 0.102. The lowest BCUT2D eigenvalue weighted by Gasteiger charge is -2.15. The van der Waals surface area contributed by atoms with Gasteiger partial charge >= 0.3 is 6.09 Å². The summed E-state index contributed by atoms with van der Waals surface area (Å²) < 4.78 is 18.5. The number of azide groups is 1. The first-order valence-corrected chi connectivity index (χ1v) is 5.84. The van der Waals surface area contributed by atoms with Crippen molar-refractivity contribution in [3.05, 3.63) is 46.3 Å². The molecule has 1 heterocycles. The fourth-order valence-corrected chi connectivity index (χ4v) is 1.88. The standard InChI is InChI=1S/C12H13FN4O2/c13-10-6-17(7-11(10)15-16-14)12(18)19-8-9-4-2-1-3-5-9/h1-5,10-11H,6-8H2/t10-,11-/m0/s1. The lowest BCUT2D eigenvalue weighted by Crippen LogP contribution is -2.30. The van der Waals surface area contributed by atoms with Crippen LogP contribution < -0.4 is 0 Å². The van der Waals surface area contributed by atoms with Crippen molar-refractivity contribution in [2.45, 2.75) is 18.8 Å². The van der Waals surface area contributed by atoms with Crippen LogP contribution in [0.2, 0.25) is 0 Å². The Bertz CT molecular complexity index is 490. The summed E-state index contributed by atoms with van der Waals surface area (Å²) in [5, 5.41) is 3.31. The molecule has 7 heteroatoms. The van der Waals surface area contributed by atoms with Gasteiger partial charge in [-0.2, -0.15) is 0 Å². The predicted molar refractivity (Wildman–Crippen MR) is 66.0 cm³/mol. The summed E-state index contributed by atoms with van der Waals surface area (Å²) in [6.07, 6.45) is -1.93. The number of hydrogen-bond donors (Lipinski definition) is 0. The number of benzene rings is 1. The zero-order valence-corrected chi connectivity index (χ0v) is 10.1. The van der Waals surface area contributed by atoms with Gasteiger partial charge in [0.2, 0.25) is 0 Å². The van der Waals surface area contributed by atoms with E-state index in [9.17, 15) is 9.18 Å². The first kappa shape index (κ1) is 13.2. The van der Waals surface area contributed by atoms with E-state index >= 15 is 0 Å². The van der Waals surface area contributed by atoms with Crippen molar-refractivity contribution < 1.29 is 13.9 Å². The fourth-order valence-electron chi connectivity index (χ4n) is 1.88. The van der Waals surface area contributed by atoms with Gasteiger partial charge in [-0.25, -0.2) is 9.18 Å². The molecule has 0 N–H and O–H groups in total. The molecule has 0 radical (unpaired) electrons.